The standard InChI is InChI=1S/C8H9N3S/c1-5-7(10-11-8(5)9)6-3-2-4-12-6/h2-4H,1H3,(H3,9,10,11). The van der Waals surface area contributed by atoms with Crippen molar-refractivity contribution in [3.63, 3.8) is 0 Å². The van der Waals surface area contributed by atoms with Gasteiger partial charge in [0.1, 0.15) is 5.82 Å². The topological polar surface area (TPSA) is 54.7 Å². The maximum atomic E-state index is 5.61. The minimum atomic E-state index is 0.582. The first kappa shape index (κ1) is 7.36. The van der Waals surface area contributed by atoms with Gasteiger partial charge in [-0.05, 0) is 18.4 Å². The van der Waals surface area contributed by atoms with Crippen molar-refractivity contribution in [1.82, 2.24) is 10.2 Å². The number of aromatic amines is 1. The molecule has 0 spiro atoms. The van der Waals surface area contributed by atoms with Crippen molar-refractivity contribution in [1.29, 1.82) is 0 Å². The van der Waals surface area contributed by atoms with E-state index in [2.05, 4.69) is 10.2 Å². The van der Waals surface area contributed by atoms with E-state index in [0.717, 1.165) is 11.3 Å². The maximum absolute atomic E-state index is 5.61. The van der Waals surface area contributed by atoms with Crippen molar-refractivity contribution >= 4 is 17.2 Å². The van der Waals surface area contributed by atoms with Crippen LogP contribution in [0.15, 0.2) is 17.5 Å². The number of thiophene rings is 1. The monoisotopic (exact) mass is 179 g/mol. The Morgan fingerprint density at radius 1 is 1.58 bits per heavy atom. The lowest BCUT2D eigenvalue weighted by Gasteiger charge is -1.92. The van der Waals surface area contributed by atoms with Crippen molar-refractivity contribution in [3.8, 4) is 10.6 Å². The van der Waals surface area contributed by atoms with Gasteiger partial charge in [-0.15, -0.1) is 11.3 Å². The zero-order valence-corrected chi connectivity index (χ0v) is 7.48. The number of nitrogens with two attached hydrogens (primary N) is 1. The van der Waals surface area contributed by atoms with Gasteiger partial charge in [0.25, 0.3) is 0 Å². The highest BCUT2D eigenvalue weighted by atomic mass is 32.1. The van der Waals surface area contributed by atoms with E-state index >= 15 is 0 Å². The molecule has 62 valence electrons. The summed E-state index contributed by atoms with van der Waals surface area (Å²) in [6, 6.07) is 4.06. The van der Waals surface area contributed by atoms with Gasteiger partial charge >= 0.3 is 0 Å². The van der Waals surface area contributed by atoms with E-state index in [0.29, 0.717) is 5.82 Å². The van der Waals surface area contributed by atoms with E-state index in [1.807, 2.05) is 24.4 Å². The predicted molar refractivity (Wildman–Crippen MR) is 51.1 cm³/mol. The number of nitrogen functional groups attached to an aromatic ring is 1. The van der Waals surface area contributed by atoms with Crippen LogP contribution in [-0.4, -0.2) is 10.2 Å². The van der Waals surface area contributed by atoms with Gasteiger partial charge in [-0.25, -0.2) is 0 Å². The summed E-state index contributed by atoms with van der Waals surface area (Å²) in [5.74, 6) is 0.582. The summed E-state index contributed by atoms with van der Waals surface area (Å²) in [7, 11) is 0. The van der Waals surface area contributed by atoms with E-state index in [1.165, 1.54) is 4.88 Å². The molecule has 0 amide bonds. The number of nitrogens with zero attached hydrogens (tertiary/aromatic N) is 1. The second-order valence-electron chi connectivity index (χ2n) is 2.59. The van der Waals surface area contributed by atoms with Gasteiger partial charge in [0.05, 0.1) is 10.6 Å². The van der Waals surface area contributed by atoms with Crippen LogP contribution in [0.1, 0.15) is 5.56 Å². The normalized spacial score (nSPS) is 10.4. The Kier molecular flexibility index (Phi) is 1.62. The third-order valence-corrected chi connectivity index (χ3v) is 2.70. The van der Waals surface area contributed by atoms with E-state index in [4.69, 9.17) is 5.73 Å². The van der Waals surface area contributed by atoms with Crippen LogP contribution in [0, 0.1) is 6.92 Å². The molecule has 0 saturated carbocycles. The predicted octanol–water partition coefficient (Wildman–Crippen LogP) is 2.03. The lowest BCUT2D eigenvalue weighted by atomic mass is 10.2. The van der Waals surface area contributed by atoms with Crippen LogP contribution >= 0.6 is 11.3 Å². The van der Waals surface area contributed by atoms with Gasteiger partial charge in [-0.2, -0.15) is 5.10 Å². The smallest absolute Gasteiger partial charge is 0.148 e. The molecule has 0 bridgehead atoms. The summed E-state index contributed by atoms with van der Waals surface area (Å²) < 4.78 is 0. The zero-order valence-electron chi connectivity index (χ0n) is 6.66. The average Bonchev–Trinajstić information content (AvgIpc) is 2.64. The van der Waals surface area contributed by atoms with Crippen LogP contribution in [0.25, 0.3) is 10.6 Å². The molecule has 0 atom stereocenters. The van der Waals surface area contributed by atoms with E-state index in [-0.39, 0.29) is 0 Å². The van der Waals surface area contributed by atoms with Gasteiger partial charge < -0.3 is 5.73 Å². The summed E-state index contributed by atoms with van der Waals surface area (Å²) in [4.78, 5) is 1.18. The molecule has 2 rings (SSSR count). The molecule has 0 aliphatic carbocycles. The van der Waals surface area contributed by atoms with Crippen LogP contribution in [0.5, 0.6) is 0 Å². The molecular weight excluding hydrogens is 170 g/mol. The van der Waals surface area contributed by atoms with Crippen molar-refractivity contribution in [2.75, 3.05) is 5.73 Å². The molecule has 0 aliphatic heterocycles. The highest BCUT2D eigenvalue weighted by molar-refractivity contribution is 7.13. The summed E-state index contributed by atoms with van der Waals surface area (Å²) >= 11 is 1.68. The molecule has 0 saturated heterocycles. The van der Waals surface area contributed by atoms with Gasteiger partial charge in [0.2, 0.25) is 0 Å². The van der Waals surface area contributed by atoms with E-state index in [1.54, 1.807) is 11.3 Å². The molecule has 3 nitrogen and oxygen atoms in total. The van der Waals surface area contributed by atoms with Crippen molar-refractivity contribution < 1.29 is 0 Å². The Balaban J connectivity index is 2.55. The summed E-state index contributed by atoms with van der Waals surface area (Å²) in [5.41, 5.74) is 7.66. The van der Waals surface area contributed by atoms with Crippen LogP contribution in [0.3, 0.4) is 0 Å². The highest BCUT2D eigenvalue weighted by Gasteiger charge is 2.07. The van der Waals surface area contributed by atoms with Crippen LogP contribution in [0.4, 0.5) is 5.82 Å². The molecule has 12 heavy (non-hydrogen) atoms. The van der Waals surface area contributed by atoms with Crippen LogP contribution < -0.4 is 5.73 Å². The van der Waals surface area contributed by atoms with Gasteiger partial charge in [-0.1, -0.05) is 6.07 Å². The fourth-order valence-corrected chi connectivity index (χ4v) is 1.85. The van der Waals surface area contributed by atoms with Crippen LogP contribution in [-0.2, 0) is 0 Å². The number of rotatable bonds is 1. The summed E-state index contributed by atoms with van der Waals surface area (Å²) in [6.07, 6.45) is 0. The Labute approximate surface area is 74.2 Å². The molecule has 4 heteroatoms. The summed E-state index contributed by atoms with van der Waals surface area (Å²) in [6.45, 7) is 1.97. The second kappa shape index (κ2) is 2.64. The third kappa shape index (κ3) is 1.00. The van der Waals surface area contributed by atoms with E-state index in [9.17, 15) is 0 Å². The third-order valence-electron chi connectivity index (χ3n) is 1.81. The van der Waals surface area contributed by atoms with Crippen molar-refractivity contribution in [2.24, 2.45) is 0 Å². The fraction of sp³-hybridized carbons (Fsp3) is 0.125. The van der Waals surface area contributed by atoms with Gasteiger partial charge in [0, 0.05) is 5.56 Å². The maximum Gasteiger partial charge on any atom is 0.148 e. The van der Waals surface area contributed by atoms with Gasteiger partial charge in [-0.3, -0.25) is 5.10 Å². The molecule has 0 unspecified atom stereocenters. The minimum absolute atomic E-state index is 0.582. The lowest BCUT2D eigenvalue weighted by molar-refractivity contribution is 1.11. The number of nitrogens with one attached hydrogen (secondary N) is 1. The number of hydrogen-bond donors (Lipinski definition) is 2. The van der Waals surface area contributed by atoms with Crippen LogP contribution in [0.2, 0.25) is 0 Å². The number of anilines is 1. The van der Waals surface area contributed by atoms with Crippen molar-refractivity contribution in [2.45, 2.75) is 6.92 Å². The number of hydrogen-bond acceptors (Lipinski definition) is 3. The Morgan fingerprint density at radius 3 is 2.92 bits per heavy atom. The first-order chi connectivity index (χ1) is 5.79. The molecule has 0 aliphatic rings. The zero-order chi connectivity index (χ0) is 8.55. The Hall–Kier alpha value is -1.29. The molecule has 0 radical (unpaired) electrons. The molecule has 3 N–H and O–H groups in total. The molecular formula is C8H9N3S. The lowest BCUT2D eigenvalue weighted by Crippen LogP contribution is -1.85. The largest absolute Gasteiger partial charge is 0.382 e. The minimum Gasteiger partial charge on any atom is -0.382 e. The fourth-order valence-electron chi connectivity index (χ4n) is 1.07. The second-order valence-corrected chi connectivity index (χ2v) is 3.53. The van der Waals surface area contributed by atoms with E-state index < -0.39 is 0 Å². The molecule has 0 aromatic carbocycles. The summed E-state index contributed by atoms with van der Waals surface area (Å²) in [5, 5.41) is 8.88. The van der Waals surface area contributed by atoms with Crippen molar-refractivity contribution in [3.05, 3.63) is 23.1 Å². The van der Waals surface area contributed by atoms with Gasteiger partial charge in [0.15, 0.2) is 0 Å². The highest BCUT2D eigenvalue weighted by Crippen LogP contribution is 2.27. The SMILES string of the molecule is Cc1c(N)n[nH]c1-c1cccs1. The Morgan fingerprint density at radius 2 is 2.42 bits per heavy atom. The molecule has 2 aromatic heterocycles. The quantitative estimate of drug-likeness (QED) is 0.703. The average molecular weight is 179 g/mol. The molecule has 2 aromatic rings. The molecule has 0 fully saturated rings. The first-order valence-corrected chi connectivity index (χ1v) is 4.51. The molecule has 2 heterocycles. The first-order valence-electron chi connectivity index (χ1n) is 3.63. The Bertz CT molecular complexity index is 375. The number of aromatic nitrogens is 2. The number of H-pyrrole nitrogens is 1.